The molecular weight excluding hydrogens is 208 g/mol. The molecule has 0 radical (unpaired) electrons. The third-order valence-electron chi connectivity index (χ3n) is 1.45. The van der Waals surface area contributed by atoms with E-state index >= 15 is 0 Å². The summed E-state index contributed by atoms with van der Waals surface area (Å²) < 4.78 is 1.66. The van der Waals surface area contributed by atoms with E-state index < -0.39 is 5.60 Å². The summed E-state index contributed by atoms with van der Waals surface area (Å²) in [6.07, 6.45) is 3.78. The molecule has 74 valence electrons. The number of nitrogens with zero attached hydrogens (tertiary/aromatic N) is 2. The van der Waals surface area contributed by atoms with Crippen molar-refractivity contribution in [3.8, 4) is 0 Å². The summed E-state index contributed by atoms with van der Waals surface area (Å²) in [6.45, 7) is 3.93. The zero-order valence-electron chi connectivity index (χ0n) is 7.91. The average Bonchev–Trinajstić information content (AvgIpc) is 2.26. The van der Waals surface area contributed by atoms with Crippen LogP contribution in [0.2, 0.25) is 5.15 Å². The highest BCUT2D eigenvalue weighted by Gasteiger charge is 2.15. The molecule has 0 aliphatic carbocycles. The lowest BCUT2D eigenvalue weighted by atomic mass is 10.1. The fourth-order valence-electron chi connectivity index (χ4n) is 0.994. The van der Waals surface area contributed by atoms with E-state index in [0.717, 1.165) is 4.90 Å². The van der Waals surface area contributed by atoms with Gasteiger partial charge in [-0.1, -0.05) is 11.6 Å². The second-order valence-corrected chi connectivity index (χ2v) is 4.70. The Hall–Kier alpha value is -0.190. The molecule has 0 aliphatic heterocycles. The van der Waals surface area contributed by atoms with Crippen LogP contribution in [0.15, 0.2) is 11.1 Å². The van der Waals surface area contributed by atoms with Gasteiger partial charge in [0.1, 0.15) is 0 Å². The highest BCUT2D eigenvalue weighted by Crippen LogP contribution is 2.23. The summed E-state index contributed by atoms with van der Waals surface area (Å²) in [4.78, 5) is 0.936. The first-order chi connectivity index (χ1) is 5.92. The topological polar surface area (TPSA) is 38.0 Å². The Balaban J connectivity index is 2.80. The molecule has 0 unspecified atom stereocenters. The van der Waals surface area contributed by atoms with Crippen LogP contribution in [0.5, 0.6) is 0 Å². The van der Waals surface area contributed by atoms with E-state index in [1.54, 1.807) is 30.3 Å². The molecule has 13 heavy (non-hydrogen) atoms. The highest BCUT2D eigenvalue weighted by molar-refractivity contribution is 7.98. The Morgan fingerprint density at radius 3 is 2.69 bits per heavy atom. The lowest BCUT2D eigenvalue weighted by molar-refractivity contribution is 0.0577. The number of hydrogen-bond acceptors (Lipinski definition) is 3. The summed E-state index contributed by atoms with van der Waals surface area (Å²) in [5, 5.41) is 14.1. The number of hydrogen-bond donors (Lipinski definition) is 1. The van der Waals surface area contributed by atoms with Crippen LogP contribution in [-0.2, 0) is 6.54 Å². The van der Waals surface area contributed by atoms with Gasteiger partial charge in [0.2, 0.25) is 0 Å². The van der Waals surface area contributed by atoms with Crippen molar-refractivity contribution in [1.82, 2.24) is 9.78 Å². The zero-order chi connectivity index (χ0) is 10.1. The number of rotatable bonds is 3. The Labute approximate surface area is 87.1 Å². The lowest BCUT2D eigenvalue weighted by Gasteiger charge is -2.16. The molecule has 0 aromatic carbocycles. The number of thioether (sulfide) groups is 1. The highest BCUT2D eigenvalue weighted by atomic mass is 35.5. The first-order valence-electron chi connectivity index (χ1n) is 3.92. The number of aromatic nitrogens is 2. The summed E-state index contributed by atoms with van der Waals surface area (Å²) in [5.74, 6) is 0. The van der Waals surface area contributed by atoms with Crippen LogP contribution in [0, 0.1) is 0 Å². The van der Waals surface area contributed by atoms with Crippen molar-refractivity contribution in [1.29, 1.82) is 0 Å². The quantitative estimate of drug-likeness (QED) is 0.793. The summed E-state index contributed by atoms with van der Waals surface area (Å²) in [6, 6.07) is 0. The molecule has 5 heteroatoms. The molecule has 1 heterocycles. The molecule has 1 aromatic rings. The third kappa shape index (κ3) is 3.21. The van der Waals surface area contributed by atoms with Crippen molar-refractivity contribution in [3.05, 3.63) is 11.3 Å². The molecular formula is C8H13ClN2OS. The number of aliphatic hydroxyl groups is 1. The first kappa shape index (κ1) is 10.9. The van der Waals surface area contributed by atoms with Gasteiger partial charge in [-0.05, 0) is 20.1 Å². The number of halogens is 1. The maximum atomic E-state index is 9.53. The Kier molecular flexibility index (Phi) is 3.27. The molecule has 0 atom stereocenters. The molecule has 0 bridgehead atoms. The molecule has 0 saturated carbocycles. The smallest absolute Gasteiger partial charge is 0.164 e. The van der Waals surface area contributed by atoms with Crippen LogP contribution in [-0.4, -0.2) is 26.7 Å². The van der Waals surface area contributed by atoms with Gasteiger partial charge in [0.15, 0.2) is 5.15 Å². The molecule has 3 nitrogen and oxygen atoms in total. The van der Waals surface area contributed by atoms with E-state index in [2.05, 4.69) is 5.10 Å². The molecule has 0 saturated heterocycles. The van der Waals surface area contributed by atoms with Gasteiger partial charge in [0.25, 0.3) is 0 Å². The van der Waals surface area contributed by atoms with Gasteiger partial charge in [0.05, 0.1) is 17.0 Å². The minimum absolute atomic E-state index is 0.452. The molecule has 1 rings (SSSR count). The second-order valence-electron chi connectivity index (χ2n) is 3.50. The van der Waals surface area contributed by atoms with Gasteiger partial charge < -0.3 is 5.11 Å². The SMILES string of the molecule is CSc1cn(CC(C)(C)O)nc1Cl. The van der Waals surface area contributed by atoms with Crippen molar-refractivity contribution >= 4 is 23.4 Å². The lowest BCUT2D eigenvalue weighted by Crippen LogP contribution is -2.26. The fraction of sp³-hybridized carbons (Fsp3) is 0.625. The van der Waals surface area contributed by atoms with E-state index in [1.165, 1.54) is 0 Å². The van der Waals surface area contributed by atoms with Gasteiger partial charge >= 0.3 is 0 Å². The molecule has 1 aromatic heterocycles. The van der Waals surface area contributed by atoms with Crippen LogP contribution in [0.1, 0.15) is 13.8 Å². The third-order valence-corrected chi connectivity index (χ3v) is 2.58. The van der Waals surface area contributed by atoms with Crippen LogP contribution >= 0.6 is 23.4 Å². The van der Waals surface area contributed by atoms with Gasteiger partial charge in [-0.25, -0.2) is 0 Å². The van der Waals surface area contributed by atoms with Crippen molar-refractivity contribution < 1.29 is 5.11 Å². The van der Waals surface area contributed by atoms with Gasteiger partial charge in [-0.15, -0.1) is 11.8 Å². The molecule has 0 spiro atoms. The Morgan fingerprint density at radius 1 is 1.69 bits per heavy atom. The molecule has 0 fully saturated rings. The van der Waals surface area contributed by atoms with Crippen LogP contribution in [0.4, 0.5) is 0 Å². The Bertz CT molecular complexity index is 293. The average molecular weight is 221 g/mol. The summed E-state index contributed by atoms with van der Waals surface area (Å²) in [7, 11) is 0. The zero-order valence-corrected chi connectivity index (χ0v) is 9.48. The maximum absolute atomic E-state index is 9.53. The van der Waals surface area contributed by atoms with Crippen molar-refractivity contribution in [2.75, 3.05) is 6.26 Å². The van der Waals surface area contributed by atoms with Crippen LogP contribution in [0.3, 0.4) is 0 Å². The van der Waals surface area contributed by atoms with Crippen LogP contribution in [0.25, 0.3) is 0 Å². The Morgan fingerprint density at radius 2 is 2.31 bits per heavy atom. The maximum Gasteiger partial charge on any atom is 0.164 e. The summed E-state index contributed by atoms with van der Waals surface area (Å²) in [5.41, 5.74) is -0.759. The minimum atomic E-state index is -0.759. The summed E-state index contributed by atoms with van der Waals surface area (Å²) >= 11 is 7.38. The van der Waals surface area contributed by atoms with Gasteiger partial charge in [-0.2, -0.15) is 5.10 Å². The first-order valence-corrected chi connectivity index (χ1v) is 5.52. The van der Waals surface area contributed by atoms with Crippen molar-refractivity contribution in [2.45, 2.75) is 30.9 Å². The second kappa shape index (κ2) is 3.90. The fourth-order valence-corrected chi connectivity index (χ4v) is 1.81. The monoisotopic (exact) mass is 220 g/mol. The standard InChI is InChI=1S/C8H13ClN2OS/c1-8(2,12)5-11-4-6(13-3)7(9)10-11/h4,12H,5H2,1-3H3. The normalized spacial score (nSPS) is 12.1. The predicted octanol–water partition coefficient (Wildman–Crippen LogP) is 2.03. The minimum Gasteiger partial charge on any atom is -0.389 e. The van der Waals surface area contributed by atoms with Crippen molar-refractivity contribution in [2.24, 2.45) is 0 Å². The molecule has 0 aliphatic rings. The largest absolute Gasteiger partial charge is 0.389 e. The van der Waals surface area contributed by atoms with E-state index in [9.17, 15) is 5.11 Å². The molecule has 1 N–H and O–H groups in total. The van der Waals surface area contributed by atoms with Gasteiger partial charge in [0, 0.05) is 6.20 Å². The predicted molar refractivity (Wildman–Crippen MR) is 55.3 cm³/mol. The van der Waals surface area contributed by atoms with Crippen molar-refractivity contribution in [3.63, 3.8) is 0 Å². The van der Waals surface area contributed by atoms with E-state index in [-0.39, 0.29) is 0 Å². The molecule has 0 amide bonds. The van der Waals surface area contributed by atoms with Crippen LogP contribution < -0.4 is 0 Å². The van der Waals surface area contributed by atoms with E-state index in [4.69, 9.17) is 11.6 Å². The van der Waals surface area contributed by atoms with E-state index in [1.807, 2.05) is 12.5 Å². The van der Waals surface area contributed by atoms with Gasteiger partial charge in [-0.3, -0.25) is 4.68 Å². The van der Waals surface area contributed by atoms with E-state index in [0.29, 0.717) is 11.7 Å².